The number of hydrogen-bond donors (Lipinski definition) is 2. The Morgan fingerprint density at radius 3 is 2.37 bits per heavy atom. The third-order valence-corrected chi connectivity index (χ3v) is 7.00. The first kappa shape index (κ1) is 22.0. The number of aromatic nitrogens is 1. The zero-order valence-electron chi connectivity index (χ0n) is 17.3. The lowest BCUT2D eigenvalue weighted by atomic mass is 10.0. The first-order valence-corrected chi connectivity index (χ1v) is 11.1. The number of aliphatic hydroxyl groups is 1. The van der Waals surface area contributed by atoms with Gasteiger partial charge in [-0.1, -0.05) is 0 Å². The highest BCUT2D eigenvalue weighted by molar-refractivity contribution is 7.89. The van der Waals surface area contributed by atoms with Crippen LogP contribution in [0.15, 0.2) is 52.2 Å². The van der Waals surface area contributed by atoms with Gasteiger partial charge in [0.25, 0.3) is 5.56 Å². The zero-order valence-corrected chi connectivity index (χ0v) is 18.1. The molecule has 8 heteroatoms. The van der Waals surface area contributed by atoms with Crippen LogP contribution < -0.4 is 10.3 Å². The summed E-state index contributed by atoms with van der Waals surface area (Å²) < 4.78 is 32.7. The molecule has 1 heterocycles. The van der Waals surface area contributed by atoms with Crippen LogP contribution in [-0.4, -0.2) is 43.1 Å². The Kier molecular flexibility index (Phi) is 6.60. The number of pyridine rings is 1. The molecule has 0 aliphatic heterocycles. The predicted octanol–water partition coefficient (Wildman–Crippen LogP) is 2.73. The normalized spacial score (nSPS) is 11.9. The van der Waals surface area contributed by atoms with Crippen molar-refractivity contribution in [3.05, 3.63) is 69.5 Å². The first-order chi connectivity index (χ1) is 14.3. The molecule has 0 aliphatic rings. The van der Waals surface area contributed by atoms with Crippen LogP contribution >= 0.6 is 0 Å². The van der Waals surface area contributed by atoms with Crippen molar-refractivity contribution in [2.45, 2.75) is 31.7 Å². The second-order valence-electron chi connectivity index (χ2n) is 7.24. The van der Waals surface area contributed by atoms with Gasteiger partial charge in [-0.3, -0.25) is 4.79 Å². The van der Waals surface area contributed by atoms with Crippen LogP contribution in [0.5, 0.6) is 5.75 Å². The van der Waals surface area contributed by atoms with Crippen LogP contribution in [0, 0.1) is 13.8 Å². The number of H-pyrrole nitrogens is 1. The Morgan fingerprint density at radius 1 is 1.07 bits per heavy atom. The Labute approximate surface area is 176 Å². The van der Waals surface area contributed by atoms with E-state index < -0.39 is 10.0 Å². The maximum atomic E-state index is 13.2. The summed E-state index contributed by atoms with van der Waals surface area (Å²) in [7, 11) is -2.36. The van der Waals surface area contributed by atoms with E-state index in [9.17, 15) is 18.3 Å². The molecule has 3 rings (SSSR count). The van der Waals surface area contributed by atoms with Crippen molar-refractivity contribution in [3.8, 4) is 5.75 Å². The predicted molar refractivity (Wildman–Crippen MR) is 116 cm³/mol. The number of aliphatic hydroxyl groups excluding tert-OH is 1. The maximum Gasteiger partial charge on any atom is 0.252 e. The number of benzene rings is 2. The molecule has 0 bridgehead atoms. The van der Waals surface area contributed by atoms with E-state index in [2.05, 4.69) is 4.98 Å². The number of sulfonamides is 1. The number of rotatable bonds is 8. The van der Waals surface area contributed by atoms with Gasteiger partial charge >= 0.3 is 0 Å². The summed E-state index contributed by atoms with van der Waals surface area (Å²) >= 11 is 0. The smallest absolute Gasteiger partial charge is 0.252 e. The van der Waals surface area contributed by atoms with Crippen LogP contribution in [-0.2, 0) is 16.6 Å². The fourth-order valence-corrected chi connectivity index (χ4v) is 4.71. The molecule has 0 saturated carbocycles. The highest BCUT2D eigenvalue weighted by Crippen LogP contribution is 2.22. The molecule has 0 radical (unpaired) electrons. The van der Waals surface area contributed by atoms with Gasteiger partial charge in [-0.05, 0) is 79.2 Å². The number of nitrogens with one attached hydrogen (secondary N) is 1. The van der Waals surface area contributed by atoms with Crippen molar-refractivity contribution in [3.63, 3.8) is 0 Å². The van der Waals surface area contributed by atoms with Crippen LogP contribution in [0.1, 0.15) is 23.1 Å². The summed E-state index contributed by atoms with van der Waals surface area (Å²) in [6.45, 7) is 3.81. The van der Waals surface area contributed by atoms with Gasteiger partial charge in [0, 0.05) is 30.8 Å². The van der Waals surface area contributed by atoms with Crippen molar-refractivity contribution in [1.82, 2.24) is 9.29 Å². The van der Waals surface area contributed by atoms with Crippen molar-refractivity contribution in [1.29, 1.82) is 0 Å². The molecular formula is C22H26N2O5S. The van der Waals surface area contributed by atoms with Gasteiger partial charge < -0.3 is 14.8 Å². The number of hydrogen-bond acceptors (Lipinski definition) is 5. The van der Waals surface area contributed by atoms with E-state index in [1.807, 2.05) is 26.0 Å². The van der Waals surface area contributed by atoms with E-state index >= 15 is 0 Å². The van der Waals surface area contributed by atoms with Crippen molar-refractivity contribution in [2.24, 2.45) is 0 Å². The minimum absolute atomic E-state index is 0.0907. The number of methoxy groups -OCH3 is 1. The second kappa shape index (κ2) is 8.99. The molecule has 2 aromatic carbocycles. The fourth-order valence-electron chi connectivity index (χ4n) is 3.26. The third kappa shape index (κ3) is 4.56. The summed E-state index contributed by atoms with van der Waals surface area (Å²) in [5.74, 6) is 0.549. The quantitative estimate of drug-likeness (QED) is 0.572. The number of fused-ring (bicyclic) bond motifs is 1. The monoisotopic (exact) mass is 430 g/mol. The van der Waals surface area contributed by atoms with E-state index in [1.165, 1.54) is 23.5 Å². The van der Waals surface area contributed by atoms with E-state index in [0.29, 0.717) is 16.8 Å². The van der Waals surface area contributed by atoms with E-state index in [0.717, 1.165) is 16.5 Å². The summed E-state index contributed by atoms with van der Waals surface area (Å²) in [6, 6.07) is 11.7. The molecule has 160 valence electrons. The molecule has 0 atom stereocenters. The highest BCUT2D eigenvalue weighted by atomic mass is 32.2. The molecule has 0 saturated heterocycles. The van der Waals surface area contributed by atoms with Crippen molar-refractivity contribution >= 4 is 20.9 Å². The Bertz CT molecular complexity index is 1200. The van der Waals surface area contributed by atoms with Gasteiger partial charge in [0.1, 0.15) is 5.75 Å². The minimum Gasteiger partial charge on any atom is -0.497 e. The van der Waals surface area contributed by atoms with Gasteiger partial charge in [-0.2, -0.15) is 4.31 Å². The standard InChI is InChI=1S/C22H26N2O5S/c1-15-11-17-13-18(22(26)23-21(17)12-16(15)2)14-24(9-4-10-25)30(27,28)20-7-5-19(29-3)6-8-20/h5-8,11-13,25H,4,9-10,14H2,1-3H3,(H,23,26). The van der Waals surface area contributed by atoms with Crippen LogP contribution in [0.3, 0.4) is 0 Å². The summed E-state index contributed by atoms with van der Waals surface area (Å²) in [5, 5.41) is 10.1. The molecule has 0 unspecified atom stereocenters. The van der Waals surface area contributed by atoms with Crippen LogP contribution in [0.2, 0.25) is 0 Å². The van der Waals surface area contributed by atoms with Crippen molar-refractivity contribution in [2.75, 3.05) is 20.3 Å². The summed E-state index contributed by atoms with van der Waals surface area (Å²) in [6.07, 6.45) is 0.263. The summed E-state index contributed by atoms with van der Waals surface area (Å²) in [5.41, 5.74) is 2.89. The maximum absolute atomic E-state index is 13.2. The molecular weight excluding hydrogens is 404 g/mol. The number of aromatic amines is 1. The van der Waals surface area contributed by atoms with Gasteiger partial charge in [-0.15, -0.1) is 0 Å². The molecule has 0 spiro atoms. The number of ether oxygens (including phenoxy) is 1. The lowest BCUT2D eigenvalue weighted by Gasteiger charge is -2.22. The Balaban J connectivity index is 2.00. The average Bonchev–Trinajstić information content (AvgIpc) is 2.72. The fraction of sp³-hybridized carbons (Fsp3) is 0.318. The molecule has 0 amide bonds. The number of nitrogens with zero attached hydrogens (tertiary/aromatic N) is 1. The Hall–Kier alpha value is -2.68. The molecule has 7 nitrogen and oxygen atoms in total. The van der Waals surface area contributed by atoms with E-state index in [-0.39, 0.29) is 36.6 Å². The molecule has 0 aliphatic carbocycles. The molecule has 1 aromatic heterocycles. The highest BCUT2D eigenvalue weighted by Gasteiger charge is 2.25. The zero-order chi connectivity index (χ0) is 21.9. The third-order valence-electron chi connectivity index (χ3n) is 5.14. The van der Waals surface area contributed by atoms with E-state index in [1.54, 1.807) is 18.2 Å². The summed E-state index contributed by atoms with van der Waals surface area (Å²) in [4.78, 5) is 15.6. The molecule has 2 N–H and O–H groups in total. The Morgan fingerprint density at radius 2 is 1.73 bits per heavy atom. The molecule has 3 aromatic rings. The SMILES string of the molecule is COc1ccc(S(=O)(=O)N(CCCO)Cc2cc3cc(C)c(C)cc3[nH]c2=O)cc1. The molecule has 0 fully saturated rings. The number of aryl methyl sites for hydroxylation is 2. The average molecular weight is 431 g/mol. The van der Waals surface area contributed by atoms with Gasteiger partial charge in [0.15, 0.2) is 0 Å². The second-order valence-corrected chi connectivity index (χ2v) is 9.18. The lowest BCUT2D eigenvalue weighted by Crippen LogP contribution is -2.34. The van der Waals surface area contributed by atoms with Crippen LogP contribution in [0.25, 0.3) is 10.9 Å². The van der Waals surface area contributed by atoms with Crippen molar-refractivity contribution < 1.29 is 18.3 Å². The topological polar surface area (TPSA) is 99.7 Å². The molecule has 30 heavy (non-hydrogen) atoms. The van der Waals surface area contributed by atoms with Gasteiger partial charge in [0.05, 0.1) is 12.0 Å². The van der Waals surface area contributed by atoms with E-state index in [4.69, 9.17) is 4.74 Å². The first-order valence-electron chi connectivity index (χ1n) is 9.64. The van der Waals surface area contributed by atoms with Gasteiger partial charge in [-0.25, -0.2) is 8.42 Å². The minimum atomic E-state index is -3.87. The van der Waals surface area contributed by atoms with Crippen LogP contribution in [0.4, 0.5) is 0 Å². The largest absolute Gasteiger partial charge is 0.497 e. The lowest BCUT2D eigenvalue weighted by molar-refractivity contribution is 0.267. The van der Waals surface area contributed by atoms with Gasteiger partial charge in [0.2, 0.25) is 10.0 Å².